The van der Waals surface area contributed by atoms with Gasteiger partial charge in [0.15, 0.2) is 12.6 Å². The molecule has 0 aromatic heterocycles. The summed E-state index contributed by atoms with van der Waals surface area (Å²) in [7, 11) is 0. The molecule has 0 saturated carbocycles. The van der Waals surface area contributed by atoms with Gasteiger partial charge in [0.1, 0.15) is 54.9 Å². The van der Waals surface area contributed by atoms with Crippen molar-refractivity contribution in [3.8, 4) is 0 Å². The molecule has 0 radical (unpaired) electrons. The van der Waals surface area contributed by atoms with E-state index >= 15 is 0 Å². The van der Waals surface area contributed by atoms with Crippen LogP contribution >= 0.6 is 0 Å². The Kier molecular flexibility index (Phi) is 31.6. The van der Waals surface area contributed by atoms with Gasteiger partial charge in [-0.15, -0.1) is 0 Å². The number of ether oxygens (including phenoxy) is 6. The lowest BCUT2D eigenvalue weighted by molar-refractivity contribution is -0.361. The number of rotatable bonds is 37. The summed E-state index contributed by atoms with van der Waals surface area (Å²) >= 11 is 0. The van der Waals surface area contributed by atoms with Gasteiger partial charge in [-0.3, -0.25) is 4.79 Å². The highest BCUT2D eigenvalue weighted by Crippen LogP contribution is 2.30. The predicted molar refractivity (Wildman–Crippen MR) is 224 cm³/mol. The molecular weight excluding hydrogens is 764 g/mol. The zero-order chi connectivity index (χ0) is 43.1. The minimum absolute atomic E-state index is 0.0576. The smallest absolute Gasteiger partial charge is 0.306 e. The molecular formula is C45H86O14. The number of aliphatic hydroxyl groups excluding tert-OH is 7. The maximum absolute atomic E-state index is 13.0. The summed E-state index contributed by atoms with van der Waals surface area (Å²) in [5.41, 5.74) is 0. The number of hydrogen-bond acceptors (Lipinski definition) is 14. The molecule has 14 heteroatoms. The second-order valence-corrected chi connectivity index (χ2v) is 16.9. The molecule has 59 heavy (non-hydrogen) atoms. The summed E-state index contributed by atoms with van der Waals surface area (Å²) in [6, 6.07) is 0. The Morgan fingerprint density at radius 2 is 0.949 bits per heavy atom. The molecule has 0 aromatic carbocycles. The highest BCUT2D eigenvalue weighted by atomic mass is 16.7. The second-order valence-electron chi connectivity index (χ2n) is 16.9. The average molecular weight is 851 g/mol. The van der Waals surface area contributed by atoms with E-state index in [1.165, 1.54) is 116 Å². The van der Waals surface area contributed by atoms with E-state index in [0.717, 1.165) is 38.5 Å². The Balaban J connectivity index is 1.85. The lowest BCUT2D eigenvalue weighted by atomic mass is 9.97. The van der Waals surface area contributed by atoms with Gasteiger partial charge in [-0.05, 0) is 12.8 Å². The first-order valence-corrected chi connectivity index (χ1v) is 23.7. The average Bonchev–Trinajstić information content (AvgIpc) is 3.23. The van der Waals surface area contributed by atoms with Gasteiger partial charge in [0, 0.05) is 13.0 Å². The van der Waals surface area contributed by atoms with Crippen LogP contribution in [0.15, 0.2) is 0 Å². The first-order valence-electron chi connectivity index (χ1n) is 23.7. The Morgan fingerprint density at radius 3 is 1.44 bits per heavy atom. The predicted octanol–water partition coefficient (Wildman–Crippen LogP) is 5.74. The number of carbonyl (C=O) groups is 1. The standard InChI is InChI=1S/C45H86O14/c1-3-5-7-9-11-13-15-17-19-21-23-25-27-29-54-32-34(56-37(48)28-26-24-22-20-18-16-14-12-10-8-6-4-2)33-55-44-42(53)43(39(50)36(31-47)57-44)59-45-41(52)40(51)38(49)35(30-46)58-45/h34-36,38-47,49-53H,3-33H2,1-2H3/t34?,35-,36-,38-,39-,40+,41-,42-,43?,44+,45-/m1/s1. The Labute approximate surface area is 355 Å². The van der Waals surface area contributed by atoms with Crippen LogP contribution in [0.2, 0.25) is 0 Å². The molecule has 11 atom stereocenters. The Hall–Kier alpha value is -1.01. The van der Waals surface area contributed by atoms with Crippen molar-refractivity contribution in [2.24, 2.45) is 0 Å². The van der Waals surface area contributed by atoms with Crippen LogP contribution in [0.4, 0.5) is 0 Å². The van der Waals surface area contributed by atoms with Gasteiger partial charge >= 0.3 is 5.97 Å². The number of aliphatic hydroxyl groups is 7. The van der Waals surface area contributed by atoms with Gasteiger partial charge in [0.05, 0.1) is 26.4 Å². The quantitative estimate of drug-likeness (QED) is 0.0294. The van der Waals surface area contributed by atoms with Crippen molar-refractivity contribution < 1.29 is 69.0 Å². The third kappa shape index (κ3) is 22.8. The van der Waals surface area contributed by atoms with Gasteiger partial charge in [-0.1, -0.05) is 162 Å². The van der Waals surface area contributed by atoms with E-state index in [0.29, 0.717) is 13.0 Å². The van der Waals surface area contributed by atoms with Gasteiger partial charge < -0.3 is 64.2 Å². The summed E-state index contributed by atoms with van der Waals surface area (Å²) in [6.45, 7) is 3.41. The third-order valence-electron chi connectivity index (χ3n) is 11.6. The number of unbranched alkanes of at least 4 members (excludes halogenated alkanes) is 23. The molecule has 0 bridgehead atoms. The van der Waals surface area contributed by atoms with E-state index in [4.69, 9.17) is 28.4 Å². The fourth-order valence-electron chi connectivity index (χ4n) is 7.80. The molecule has 2 saturated heterocycles. The SMILES string of the molecule is CCCCCCCCCCCCCCCOCC(CO[C@H]1O[C@H](CO)[C@@H](O)C(O[C@H]2O[C@H](CO)[C@@H](O)[C@H](O)[C@H]2O)[C@H]1O)OC(=O)CCCCCCCCCCCCCC. The second kappa shape index (κ2) is 34.5. The van der Waals surface area contributed by atoms with Crippen LogP contribution in [0.5, 0.6) is 0 Å². The van der Waals surface area contributed by atoms with Crippen LogP contribution < -0.4 is 0 Å². The van der Waals surface area contributed by atoms with Gasteiger partial charge in [-0.25, -0.2) is 0 Å². The molecule has 2 aliphatic rings. The first kappa shape index (κ1) is 54.1. The van der Waals surface area contributed by atoms with Crippen molar-refractivity contribution in [1.29, 1.82) is 0 Å². The highest BCUT2D eigenvalue weighted by Gasteiger charge is 2.51. The lowest BCUT2D eigenvalue weighted by Crippen LogP contribution is -2.65. The van der Waals surface area contributed by atoms with Gasteiger partial charge in [0.25, 0.3) is 0 Å². The van der Waals surface area contributed by atoms with E-state index in [-0.39, 0.29) is 25.6 Å². The van der Waals surface area contributed by atoms with Crippen molar-refractivity contribution in [1.82, 2.24) is 0 Å². The first-order chi connectivity index (χ1) is 28.7. The maximum atomic E-state index is 13.0. The molecule has 2 heterocycles. The van der Waals surface area contributed by atoms with Crippen molar-refractivity contribution in [2.45, 2.75) is 248 Å². The topological polar surface area (TPSA) is 214 Å². The van der Waals surface area contributed by atoms with E-state index in [1.54, 1.807) is 0 Å². The molecule has 2 unspecified atom stereocenters. The molecule has 0 spiro atoms. The van der Waals surface area contributed by atoms with Crippen LogP contribution in [0, 0.1) is 0 Å². The third-order valence-corrected chi connectivity index (χ3v) is 11.6. The largest absolute Gasteiger partial charge is 0.457 e. The van der Waals surface area contributed by atoms with E-state index in [9.17, 15) is 40.5 Å². The van der Waals surface area contributed by atoms with E-state index in [1.807, 2.05) is 0 Å². The van der Waals surface area contributed by atoms with Gasteiger partial charge in [0.2, 0.25) is 0 Å². The van der Waals surface area contributed by atoms with E-state index in [2.05, 4.69) is 13.8 Å². The van der Waals surface area contributed by atoms with Crippen molar-refractivity contribution in [3.63, 3.8) is 0 Å². The van der Waals surface area contributed by atoms with Crippen molar-refractivity contribution in [2.75, 3.05) is 33.0 Å². The molecule has 0 amide bonds. The highest BCUT2D eigenvalue weighted by molar-refractivity contribution is 5.69. The molecule has 350 valence electrons. The van der Waals surface area contributed by atoms with Crippen LogP contribution in [0.25, 0.3) is 0 Å². The summed E-state index contributed by atoms with van der Waals surface area (Å²) in [5, 5.41) is 72.4. The number of carbonyl (C=O) groups excluding carboxylic acids is 1. The Bertz CT molecular complexity index is 990. The molecule has 7 N–H and O–H groups in total. The summed E-state index contributed by atoms with van der Waals surface area (Å²) in [4.78, 5) is 13.0. The summed E-state index contributed by atoms with van der Waals surface area (Å²) in [6.07, 6.45) is 14.0. The lowest BCUT2D eigenvalue weighted by Gasteiger charge is -2.46. The fourth-order valence-corrected chi connectivity index (χ4v) is 7.80. The maximum Gasteiger partial charge on any atom is 0.306 e. The molecule has 0 aromatic rings. The van der Waals surface area contributed by atoms with E-state index < -0.39 is 80.7 Å². The molecule has 2 fully saturated rings. The minimum Gasteiger partial charge on any atom is -0.457 e. The Morgan fingerprint density at radius 1 is 0.508 bits per heavy atom. The molecule has 0 aliphatic carbocycles. The van der Waals surface area contributed by atoms with Crippen LogP contribution in [0.3, 0.4) is 0 Å². The number of hydrogen-bond donors (Lipinski definition) is 7. The molecule has 14 nitrogen and oxygen atoms in total. The zero-order valence-electron chi connectivity index (χ0n) is 36.8. The monoisotopic (exact) mass is 851 g/mol. The van der Waals surface area contributed by atoms with Crippen molar-refractivity contribution in [3.05, 3.63) is 0 Å². The van der Waals surface area contributed by atoms with Gasteiger partial charge in [-0.2, -0.15) is 0 Å². The van der Waals surface area contributed by atoms with Crippen LogP contribution in [-0.2, 0) is 33.2 Å². The number of esters is 1. The fraction of sp³-hybridized carbons (Fsp3) is 0.978. The summed E-state index contributed by atoms with van der Waals surface area (Å²) in [5.74, 6) is -0.382. The van der Waals surface area contributed by atoms with Crippen LogP contribution in [-0.4, -0.2) is 142 Å². The van der Waals surface area contributed by atoms with Crippen molar-refractivity contribution >= 4 is 5.97 Å². The molecule has 2 rings (SSSR count). The summed E-state index contributed by atoms with van der Waals surface area (Å²) < 4.78 is 34.4. The zero-order valence-corrected chi connectivity index (χ0v) is 36.8. The molecule has 2 aliphatic heterocycles. The normalized spacial score (nSPS) is 27.9. The minimum atomic E-state index is -1.79. The van der Waals surface area contributed by atoms with Crippen LogP contribution in [0.1, 0.15) is 181 Å².